The first-order chi connectivity index (χ1) is 13.3. The van der Waals surface area contributed by atoms with E-state index < -0.39 is 9.84 Å². The molecular weight excluding hydrogens is 372 g/mol. The van der Waals surface area contributed by atoms with Gasteiger partial charge in [-0.15, -0.1) is 0 Å². The Balaban J connectivity index is 1.85. The van der Waals surface area contributed by atoms with Crippen molar-refractivity contribution >= 4 is 15.8 Å². The van der Waals surface area contributed by atoms with E-state index in [1.807, 2.05) is 18.2 Å². The number of nitrogens with one attached hydrogen (secondary N) is 2. The molecule has 2 aromatic rings. The maximum atomic E-state index is 11.5. The van der Waals surface area contributed by atoms with Crippen LogP contribution in [0.1, 0.15) is 16.7 Å². The second-order valence-corrected chi connectivity index (χ2v) is 9.04. The lowest BCUT2D eigenvalue weighted by Gasteiger charge is -2.16. The number of benzene rings is 2. The summed E-state index contributed by atoms with van der Waals surface area (Å²) < 4.78 is 23.0. The highest BCUT2D eigenvalue weighted by molar-refractivity contribution is 7.90. The van der Waals surface area contributed by atoms with Crippen molar-refractivity contribution in [3.63, 3.8) is 0 Å². The minimum Gasteiger partial charge on any atom is -0.356 e. The minimum absolute atomic E-state index is 0.345. The molecule has 0 aliphatic heterocycles. The molecule has 0 atom stereocenters. The van der Waals surface area contributed by atoms with Crippen LogP contribution in [-0.4, -0.2) is 53.2 Å². The Bertz CT molecular complexity index is 891. The summed E-state index contributed by atoms with van der Waals surface area (Å²) in [7, 11) is 2.73. The van der Waals surface area contributed by atoms with E-state index in [4.69, 9.17) is 0 Å². The first-order valence-electron chi connectivity index (χ1n) is 9.24. The van der Waals surface area contributed by atoms with Gasteiger partial charge in [0.05, 0.1) is 4.90 Å². The average molecular weight is 403 g/mol. The predicted molar refractivity (Wildman–Crippen MR) is 115 cm³/mol. The SMILES string of the molecule is CN=C(NCCc1ccc(S(C)(=O)=O)cc1)NCc1ccccc1CN(C)C. The summed E-state index contributed by atoms with van der Waals surface area (Å²) in [5, 5.41) is 6.66. The summed E-state index contributed by atoms with van der Waals surface area (Å²) >= 11 is 0. The quantitative estimate of drug-likeness (QED) is 0.522. The second kappa shape index (κ2) is 10.2. The zero-order valence-corrected chi connectivity index (χ0v) is 17.9. The topological polar surface area (TPSA) is 73.8 Å². The molecule has 6 nitrogen and oxygen atoms in total. The second-order valence-electron chi connectivity index (χ2n) is 7.03. The zero-order valence-electron chi connectivity index (χ0n) is 17.1. The van der Waals surface area contributed by atoms with Crippen LogP contribution in [0.3, 0.4) is 0 Å². The highest BCUT2D eigenvalue weighted by atomic mass is 32.2. The van der Waals surface area contributed by atoms with Crippen LogP contribution >= 0.6 is 0 Å². The average Bonchev–Trinajstić information content (AvgIpc) is 2.65. The third-order valence-electron chi connectivity index (χ3n) is 4.33. The standard InChI is InChI=1S/C21H30N4O2S/c1-22-21(24-15-18-7-5-6-8-19(18)16-25(2)3)23-14-13-17-9-11-20(12-10-17)28(4,26)27/h5-12H,13-16H2,1-4H3,(H2,22,23,24). The molecule has 152 valence electrons. The highest BCUT2D eigenvalue weighted by Crippen LogP contribution is 2.11. The summed E-state index contributed by atoms with van der Waals surface area (Å²) in [6, 6.07) is 15.4. The van der Waals surface area contributed by atoms with Gasteiger partial charge >= 0.3 is 0 Å². The molecule has 0 heterocycles. The van der Waals surface area contributed by atoms with Crippen LogP contribution in [0.5, 0.6) is 0 Å². The smallest absolute Gasteiger partial charge is 0.191 e. The van der Waals surface area contributed by atoms with Crippen molar-refractivity contribution in [2.75, 3.05) is 33.9 Å². The molecule has 7 heteroatoms. The molecule has 0 bridgehead atoms. The van der Waals surface area contributed by atoms with Gasteiger partial charge in [0, 0.05) is 32.9 Å². The van der Waals surface area contributed by atoms with Crippen molar-refractivity contribution in [2.45, 2.75) is 24.4 Å². The summed E-state index contributed by atoms with van der Waals surface area (Å²) in [4.78, 5) is 6.78. The van der Waals surface area contributed by atoms with Gasteiger partial charge in [0.1, 0.15) is 0 Å². The van der Waals surface area contributed by atoms with Gasteiger partial charge in [-0.3, -0.25) is 4.99 Å². The predicted octanol–water partition coefficient (Wildman–Crippen LogP) is 2.06. The molecule has 0 aliphatic carbocycles. The van der Waals surface area contributed by atoms with Crippen LogP contribution in [0, 0.1) is 0 Å². The molecule has 2 rings (SSSR count). The van der Waals surface area contributed by atoms with Crippen molar-refractivity contribution in [1.82, 2.24) is 15.5 Å². The number of nitrogens with zero attached hydrogens (tertiary/aromatic N) is 2. The number of hydrogen-bond acceptors (Lipinski definition) is 4. The van der Waals surface area contributed by atoms with Gasteiger partial charge < -0.3 is 15.5 Å². The monoisotopic (exact) mass is 402 g/mol. The molecule has 0 fully saturated rings. The number of rotatable bonds is 8. The van der Waals surface area contributed by atoms with E-state index in [0.29, 0.717) is 18.0 Å². The van der Waals surface area contributed by atoms with Gasteiger partial charge in [0.25, 0.3) is 0 Å². The Morgan fingerprint density at radius 2 is 1.64 bits per heavy atom. The van der Waals surface area contributed by atoms with Gasteiger partial charge in [-0.05, 0) is 49.3 Å². The Kier molecular flexibility index (Phi) is 8.02. The molecule has 0 aromatic heterocycles. The lowest BCUT2D eigenvalue weighted by molar-refractivity contribution is 0.400. The van der Waals surface area contributed by atoms with E-state index in [0.717, 1.165) is 24.5 Å². The van der Waals surface area contributed by atoms with Crippen LogP contribution in [0.2, 0.25) is 0 Å². The number of sulfone groups is 1. The van der Waals surface area contributed by atoms with E-state index in [1.54, 1.807) is 19.2 Å². The minimum atomic E-state index is -3.15. The highest BCUT2D eigenvalue weighted by Gasteiger charge is 2.07. The van der Waals surface area contributed by atoms with Crippen LogP contribution in [0.4, 0.5) is 0 Å². The van der Waals surface area contributed by atoms with E-state index in [9.17, 15) is 8.42 Å². The molecule has 0 unspecified atom stereocenters. The normalized spacial score (nSPS) is 12.2. The Labute approximate surface area is 168 Å². The fourth-order valence-corrected chi connectivity index (χ4v) is 3.48. The number of hydrogen-bond donors (Lipinski definition) is 2. The molecule has 0 spiro atoms. The molecule has 2 N–H and O–H groups in total. The van der Waals surface area contributed by atoms with Gasteiger partial charge in [-0.25, -0.2) is 8.42 Å². The van der Waals surface area contributed by atoms with Gasteiger partial charge in [-0.1, -0.05) is 36.4 Å². The molecule has 0 radical (unpaired) electrons. The molecule has 0 aliphatic rings. The van der Waals surface area contributed by atoms with E-state index in [2.05, 4.69) is 52.8 Å². The largest absolute Gasteiger partial charge is 0.356 e. The number of aliphatic imine (C=N–C) groups is 1. The summed E-state index contributed by atoms with van der Waals surface area (Å²) in [5.41, 5.74) is 3.61. The molecule has 0 saturated carbocycles. The molecule has 0 amide bonds. The third kappa shape index (κ3) is 6.98. The maximum Gasteiger partial charge on any atom is 0.191 e. The third-order valence-corrected chi connectivity index (χ3v) is 5.46. The van der Waals surface area contributed by atoms with E-state index in [1.165, 1.54) is 17.4 Å². The van der Waals surface area contributed by atoms with E-state index >= 15 is 0 Å². The zero-order chi connectivity index (χ0) is 20.6. The van der Waals surface area contributed by atoms with E-state index in [-0.39, 0.29) is 0 Å². The van der Waals surface area contributed by atoms with Crippen molar-refractivity contribution < 1.29 is 8.42 Å². The van der Waals surface area contributed by atoms with Crippen LogP contribution in [0.15, 0.2) is 58.4 Å². The summed E-state index contributed by atoms with van der Waals surface area (Å²) in [6.07, 6.45) is 2.00. The Morgan fingerprint density at radius 1 is 1.00 bits per heavy atom. The first kappa shape index (κ1) is 21.9. The molecule has 28 heavy (non-hydrogen) atoms. The maximum absolute atomic E-state index is 11.5. The number of guanidine groups is 1. The Hall–Kier alpha value is -2.38. The lowest BCUT2D eigenvalue weighted by atomic mass is 10.1. The molecule has 2 aromatic carbocycles. The molecular formula is C21H30N4O2S. The van der Waals surface area contributed by atoms with Crippen molar-refractivity contribution in [3.8, 4) is 0 Å². The first-order valence-corrected chi connectivity index (χ1v) is 11.1. The van der Waals surface area contributed by atoms with Gasteiger partial charge in [0.2, 0.25) is 0 Å². The summed E-state index contributed by atoms with van der Waals surface area (Å²) in [6.45, 7) is 2.30. The lowest BCUT2D eigenvalue weighted by Crippen LogP contribution is -2.38. The van der Waals surface area contributed by atoms with Gasteiger partial charge in [-0.2, -0.15) is 0 Å². The van der Waals surface area contributed by atoms with Crippen LogP contribution < -0.4 is 10.6 Å². The van der Waals surface area contributed by atoms with Crippen LogP contribution in [0.25, 0.3) is 0 Å². The summed E-state index contributed by atoms with van der Waals surface area (Å²) in [5.74, 6) is 0.743. The Morgan fingerprint density at radius 3 is 2.21 bits per heavy atom. The fourth-order valence-electron chi connectivity index (χ4n) is 2.85. The van der Waals surface area contributed by atoms with Crippen LogP contribution in [-0.2, 0) is 29.3 Å². The fraction of sp³-hybridized carbons (Fsp3) is 0.381. The van der Waals surface area contributed by atoms with Crippen molar-refractivity contribution in [2.24, 2.45) is 4.99 Å². The van der Waals surface area contributed by atoms with Crippen molar-refractivity contribution in [3.05, 3.63) is 65.2 Å². The van der Waals surface area contributed by atoms with Crippen molar-refractivity contribution in [1.29, 1.82) is 0 Å². The molecule has 0 saturated heterocycles. The van der Waals surface area contributed by atoms with Gasteiger partial charge in [0.15, 0.2) is 15.8 Å².